The molecule has 0 saturated carbocycles. The van der Waals surface area contributed by atoms with Crippen LogP contribution in [-0.2, 0) is 4.74 Å². The molecule has 1 saturated heterocycles. The third-order valence-electron chi connectivity index (χ3n) is 2.74. The fraction of sp³-hybridized carbons (Fsp3) is 1.00. The van der Waals surface area contributed by atoms with Gasteiger partial charge < -0.3 is 10.5 Å². The molecule has 2 N–H and O–H groups in total. The van der Waals surface area contributed by atoms with Crippen LogP contribution in [0.3, 0.4) is 0 Å². The first-order valence-electron chi connectivity index (χ1n) is 4.59. The third-order valence-corrected chi connectivity index (χ3v) is 2.74. The first kappa shape index (κ1) is 9.01. The summed E-state index contributed by atoms with van der Waals surface area (Å²) in [6.07, 6.45) is 4.86. The average Bonchev–Trinajstić information content (AvgIpc) is 2.30. The van der Waals surface area contributed by atoms with Gasteiger partial charge in [0, 0.05) is 12.1 Å². The zero-order chi connectivity index (χ0) is 8.32. The fourth-order valence-corrected chi connectivity index (χ4v) is 1.63. The summed E-state index contributed by atoms with van der Waals surface area (Å²) in [5.41, 5.74) is 6.15. The first-order chi connectivity index (χ1) is 5.19. The van der Waals surface area contributed by atoms with Gasteiger partial charge in [-0.1, -0.05) is 19.8 Å². The smallest absolute Gasteiger partial charge is 0.0727 e. The molecule has 0 bridgehead atoms. The van der Waals surface area contributed by atoms with Crippen molar-refractivity contribution in [1.82, 2.24) is 0 Å². The molecule has 0 aliphatic carbocycles. The van der Waals surface area contributed by atoms with Crippen molar-refractivity contribution >= 4 is 0 Å². The second-order valence-electron chi connectivity index (χ2n) is 3.60. The van der Waals surface area contributed by atoms with Crippen LogP contribution >= 0.6 is 0 Å². The van der Waals surface area contributed by atoms with Gasteiger partial charge >= 0.3 is 0 Å². The van der Waals surface area contributed by atoms with E-state index in [1.165, 1.54) is 12.8 Å². The Morgan fingerprint density at radius 1 is 1.64 bits per heavy atom. The highest BCUT2D eigenvalue weighted by Crippen LogP contribution is 2.27. The number of ether oxygens (including phenoxy) is 1. The maximum atomic E-state index is 6.16. The van der Waals surface area contributed by atoms with Crippen LogP contribution < -0.4 is 5.73 Å². The van der Waals surface area contributed by atoms with E-state index in [9.17, 15) is 0 Å². The number of nitrogens with two attached hydrogens (primary N) is 1. The Labute approximate surface area is 69.1 Å². The minimum absolute atomic E-state index is 0.0178. The number of hydrogen-bond donors (Lipinski definition) is 1. The summed E-state index contributed by atoms with van der Waals surface area (Å²) >= 11 is 0. The average molecular weight is 157 g/mol. The summed E-state index contributed by atoms with van der Waals surface area (Å²) in [5, 5.41) is 0. The van der Waals surface area contributed by atoms with E-state index in [1.54, 1.807) is 0 Å². The third kappa shape index (κ3) is 1.94. The van der Waals surface area contributed by atoms with E-state index in [0.717, 1.165) is 19.4 Å². The molecule has 2 atom stereocenters. The van der Waals surface area contributed by atoms with Crippen molar-refractivity contribution in [1.29, 1.82) is 0 Å². The zero-order valence-electron chi connectivity index (χ0n) is 7.60. The lowest BCUT2D eigenvalue weighted by Crippen LogP contribution is -2.45. The van der Waals surface area contributed by atoms with Gasteiger partial charge in [-0.2, -0.15) is 0 Å². The van der Waals surface area contributed by atoms with Gasteiger partial charge in [0.15, 0.2) is 0 Å². The molecule has 1 rings (SSSR count). The normalized spacial score (nSPS) is 37.9. The quantitative estimate of drug-likeness (QED) is 0.676. The Hall–Kier alpha value is -0.0800. The van der Waals surface area contributed by atoms with Crippen molar-refractivity contribution in [2.24, 2.45) is 5.73 Å². The molecular formula is C9H19NO. The van der Waals surface area contributed by atoms with Crippen LogP contribution in [0.1, 0.15) is 39.5 Å². The molecule has 66 valence electrons. The van der Waals surface area contributed by atoms with Crippen LogP contribution in [0.2, 0.25) is 0 Å². The number of unbranched alkanes of at least 4 members (excludes halogenated alkanes) is 1. The van der Waals surface area contributed by atoms with Crippen molar-refractivity contribution in [2.75, 3.05) is 6.61 Å². The summed E-state index contributed by atoms with van der Waals surface area (Å²) in [6, 6.07) is 0. The molecule has 1 heterocycles. The molecule has 0 aromatic rings. The Kier molecular flexibility index (Phi) is 2.90. The zero-order valence-corrected chi connectivity index (χ0v) is 7.60. The van der Waals surface area contributed by atoms with Gasteiger partial charge in [0.25, 0.3) is 0 Å². The van der Waals surface area contributed by atoms with Gasteiger partial charge in [0.05, 0.1) is 6.10 Å². The maximum Gasteiger partial charge on any atom is 0.0727 e. The van der Waals surface area contributed by atoms with Crippen LogP contribution in [0.25, 0.3) is 0 Å². The molecular weight excluding hydrogens is 138 g/mol. The van der Waals surface area contributed by atoms with E-state index >= 15 is 0 Å². The number of rotatable bonds is 3. The van der Waals surface area contributed by atoms with Gasteiger partial charge in [-0.05, 0) is 19.8 Å². The second kappa shape index (κ2) is 3.55. The summed E-state index contributed by atoms with van der Waals surface area (Å²) in [4.78, 5) is 0. The highest BCUT2D eigenvalue weighted by molar-refractivity contribution is 4.93. The minimum atomic E-state index is -0.0178. The second-order valence-corrected chi connectivity index (χ2v) is 3.60. The summed E-state index contributed by atoms with van der Waals surface area (Å²) < 4.78 is 5.44. The van der Waals surface area contributed by atoms with Crippen LogP contribution in [0, 0.1) is 0 Å². The lowest BCUT2D eigenvalue weighted by Gasteiger charge is -2.26. The van der Waals surface area contributed by atoms with E-state index in [2.05, 4.69) is 13.8 Å². The minimum Gasteiger partial charge on any atom is -0.377 e. The molecule has 0 aromatic heterocycles. The van der Waals surface area contributed by atoms with E-state index in [1.807, 2.05) is 0 Å². The molecule has 2 heteroatoms. The van der Waals surface area contributed by atoms with Crippen molar-refractivity contribution in [3.63, 3.8) is 0 Å². The van der Waals surface area contributed by atoms with E-state index in [-0.39, 0.29) is 11.6 Å². The largest absolute Gasteiger partial charge is 0.377 e. The van der Waals surface area contributed by atoms with Crippen LogP contribution in [-0.4, -0.2) is 18.2 Å². The molecule has 0 amide bonds. The highest BCUT2D eigenvalue weighted by Gasteiger charge is 2.36. The van der Waals surface area contributed by atoms with Crippen LogP contribution in [0.5, 0.6) is 0 Å². The Morgan fingerprint density at radius 3 is 2.82 bits per heavy atom. The molecule has 1 fully saturated rings. The lowest BCUT2D eigenvalue weighted by molar-refractivity contribution is 0.0922. The van der Waals surface area contributed by atoms with Gasteiger partial charge in [-0.3, -0.25) is 0 Å². The monoisotopic (exact) mass is 157 g/mol. The molecule has 0 radical (unpaired) electrons. The van der Waals surface area contributed by atoms with Gasteiger partial charge in [0.1, 0.15) is 0 Å². The van der Waals surface area contributed by atoms with E-state index in [0.29, 0.717) is 0 Å². The van der Waals surface area contributed by atoms with E-state index in [4.69, 9.17) is 10.5 Å². The predicted molar refractivity (Wildman–Crippen MR) is 46.5 cm³/mol. The Morgan fingerprint density at radius 2 is 2.36 bits per heavy atom. The maximum absolute atomic E-state index is 6.16. The van der Waals surface area contributed by atoms with Gasteiger partial charge in [-0.15, -0.1) is 0 Å². The number of hydrogen-bond acceptors (Lipinski definition) is 2. The molecule has 11 heavy (non-hydrogen) atoms. The van der Waals surface area contributed by atoms with Crippen molar-refractivity contribution in [3.8, 4) is 0 Å². The molecule has 2 unspecified atom stereocenters. The SMILES string of the molecule is CCCCC1(N)CCOC1C. The van der Waals surface area contributed by atoms with Gasteiger partial charge in [0.2, 0.25) is 0 Å². The lowest BCUT2D eigenvalue weighted by atomic mass is 9.88. The molecule has 1 aliphatic heterocycles. The first-order valence-corrected chi connectivity index (χ1v) is 4.59. The predicted octanol–water partition coefficient (Wildman–Crippen LogP) is 1.68. The molecule has 0 aromatic carbocycles. The van der Waals surface area contributed by atoms with Crippen LogP contribution in [0.4, 0.5) is 0 Å². The summed E-state index contributed by atoms with van der Waals surface area (Å²) in [6.45, 7) is 5.13. The standard InChI is InChI=1S/C9H19NO/c1-3-4-5-9(10)6-7-11-8(9)2/h8H,3-7,10H2,1-2H3. The molecule has 2 nitrogen and oxygen atoms in total. The van der Waals surface area contributed by atoms with Crippen molar-refractivity contribution in [3.05, 3.63) is 0 Å². The topological polar surface area (TPSA) is 35.2 Å². The summed E-state index contributed by atoms with van der Waals surface area (Å²) in [5.74, 6) is 0. The Bertz CT molecular complexity index is 127. The molecule has 1 aliphatic rings. The Balaban J connectivity index is 2.38. The van der Waals surface area contributed by atoms with Crippen molar-refractivity contribution < 1.29 is 4.74 Å². The van der Waals surface area contributed by atoms with Gasteiger partial charge in [-0.25, -0.2) is 0 Å². The van der Waals surface area contributed by atoms with E-state index < -0.39 is 0 Å². The molecule has 0 spiro atoms. The fourth-order valence-electron chi connectivity index (χ4n) is 1.63. The summed E-state index contributed by atoms with van der Waals surface area (Å²) in [7, 11) is 0. The van der Waals surface area contributed by atoms with Crippen molar-refractivity contribution in [2.45, 2.75) is 51.2 Å². The van der Waals surface area contributed by atoms with Crippen LogP contribution in [0.15, 0.2) is 0 Å². The highest BCUT2D eigenvalue weighted by atomic mass is 16.5.